The van der Waals surface area contributed by atoms with Gasteiger partial charge in [-0.05, 0) is 24.1 Å². The molecule has 0 fully saturated rings. The summed E-state index contributed by atoms with van der Waals surface area (Å²) in [5, 5.41) is 17.5. The summed E-state index contributed by atoms with van der Waals surface area (Å²) in [6, 6.07) is 5.87. The molecule has 70 valence electrons. The molecule has 0 saturated carbocycles. The highest BCUT2D eigenvalue weighted by molar-refractivity contribution is 5.58. The van der Waals surface area contributed by atoms with Crippen LogP contribution in [0.25, 0.3) is 0 Å². The fourth-order valence-corrected chi connectivity index (χ4v) is 1.01. The molecule has 0 aliphatic carbocycles. The monoisotopic (exact) mass is 181 g/mol. The average molecular weight is 181 g/mol. The molecule has 4 heteroatoms. The molecule has 1 aromatic rings. The van der Waals surface area contributed by atoms with Crippen LogP contribution in [-0.2, 0) is 11.2 Å². The Labute approximate surface area is 75.8 Å². The summed E-state index contributed by atoms with van der Waals surface area (Å²) in [6.07, 6.45) is 1.03. The van der Waals surface area contributed by atoms with Crippen LogP contribution in [0.5, 0.6) is 5.75 Å². The topological polar surface area (TPSA) is 69.6 Å². The minimum Gasteiger partial charge on any atom is -0.508 e. The Bertz CT molecular complexity index is 271. The number of aldehydes is 1. The Balaban J connectivity index is 2.63. The van der Waals surface area contributed by atoms with Crippen molar-refractivity contribution in [2.75, 3.05) is 0 Å². The van der Waals surface area contributed by atoms with Crippen molar-refractivity contribution in [1.29, 1.82) is 0 Å². The normalized spacial score (nSPS) is 12.4. The lowest BCUT2D eigenvalue weighted by Crippen LogP contribution is -2.29. The Morgan fingerprint density at radius 1 is 1.38 bits per heavy atom. The molecule has 1 aromatic carbocycles. The van der Waals surface area contributed by atoms with Gasteiger partial charge >= 0.3 is 0 Å². The third kappa shape index (κ3) is 2.85. The fourth-order valence-electron chi connectivity index (χ4n) is 1.01. The SMILES string of the molecule is O=C[C@@H](Cc1ccc(O)cc1)NO. The zero-order chi connectivity index (χ0) is 9.68. The highest BCUT2D eigenvalue weighted by Crippen LogP contribution is 2.10. The summed E-state index contributed by atoms with van der Waals surface area (Å²) in [5.74, 6) is 0.184. The van der Waals surface area contributed by atoms with Crippen molar-refractivity contribution in [3.8, 4) is 5.75 Å². The number of carbonyl (C=O) groups excluding carboxylic acids is 1. The number of phenols is 1. The smallest absolute Gasteiger partial charge is 0.139 e. The van der Waals surface area contributed by atoms with Gasteiger partial charge in [0.25, 0.3) is 0 Å². The molecule has 0 radical (unpaired) electrons. The van der Waals surface area contributed by atoms with Gasteiger partial charge in [0.2, 0.25) is 0 Å². The minimum absolute atomic E-state index is 0.184. The van der Waals surface area contributed by atoms with Gasteiger partial charge in [-0.15, -0.1) is 0 Å². The number of benzene rings is 1. The summed E-state index contributed by atoms with van der Waals surface area (Å²) in [5.41, 5.74) is 2.76. The van der Waals surface area contributed by atoms with Crippen molar-refractivity contribution in [2.45, 2.75) is 12.5 Å². The van der Waals surface area contributed by atoms with Crippen molar-refractivity contribution in [2.24, 2.45) is 0 Å². The van der Waals surface area contributed by atoms with Crippen LogP contribution in [0.1, 0.15) is 5.56 Å². The van der Waals surface area contributed by atoms with Crippen LogP contribution in [0.2, 0.25) is 0 Å². The number of hydrogen-bond acceptors (Lipinski definition) is 4. The van der Waals surface area contributed by atoms with Crippen LogP contribution in [0.15, 0.2) is 24.3 Å². The number of hydroxylamine groups is 1. The van der Waals surface area contributed by atoms with E-state index in [-0.39, 0.29) is 5.75 Å². The van der Waals surface area contributed by atoms with E-state index in [4.69, 9.17) is 10.3 Å². The van der Waals surface area contributed by atoms with Gasteiger partial charge in [-0.3, -0.25) is 0 Å². The van der Waals surface area contributed by atoms with E-state index in [1.165, 1.54) is 12.1 Å². The molecular weight excluding hydrogens is 170 g/mol. The van der Waals surface area contributed by atoms with E-state index in [9.17, 15) is 4.79 Å². The Hall–Kier alpha value is -1.39. The van der Waals surface area contributed by atoms with Gasteiger partial charge in [0, 0.05) is 0 Å². The number of carbonyl (C=O) groups is 1. The molecule has 0 aliphatic rings. The highest BCUT2D eigenvalue weighted by atomic mass is 16.5. The van der Waals surface area contributed by atoms with Gasteiger partial charge in [0.15, 0.2) is 0 Å². The van der Waals surface area contributed by atoms with Gasteiger partial charge in [-0.1, -0.05) is 12.1 Å². The average Bonchev–Trinajstić information content (AvgIpc) is 2.17. The first kappa shape index (κ1) is 9.70. The third-order valence-corrected chi connectivity index (χ3v) is 1.72. The molecule has 0 saturated heterocycles. The summed E-state index contributed by atoms with van der Waals surface area (Å²) in [6.45, 7) is 0. The molecule has 0 spiro atoms. The van der Waals surface area contributed by atoms with Crippen molar-refractivity contribution < 1.29 is 15.1 Å². The lowest BCUT2D eigenvalue weighted by Gasteiger charge is -2.06. The molecule has 13 heavy (non-hydrogen) atoms. The van der Waals surface area contributed by atoms with E-state index < -0.39 is 6.04 Å². The van der Waals surface area contributed by atoms with E-state index in [1.807, 2.05) is 5.48 Å². The van der Waals surface area contributed by atoms with Crippen LogP contribution in [0.4, 0.5) is 0 Å². The van der Waals surface area contributed by atoms with E-state index >= 15 is 0 Å². The molecule has 0 bridgehead atoms. The molecule has 1 atom stereocenters. The second-order valence-corrected chi connectivity index (χ2v) is 2.74. The molecule has 0 heterocycles. The van der Waals surface area contributed by atoms with E-state index in [0.29, 0.717) is 12.7 Å². The zero-order valence-electron chi connectivity index (χ0n) is 6.97. The summed E-state index contributed by atoms with van der Waals surface area (Å²) < 4.78 is 0. The van der Waals surface area contributed by atoms with E-state index in [2.05, 4.69) is 0 Å². The molecule has 0 unspecified atom stereocenters. The van der Waals surface area contributed by atoms with Gasteiger partial charge < -0.3 is 15.1 Å². The third-order valence-electron chi connectivity index (χ3n) is 1.72. The Morgan fingerprint density at radius 3 is 2.46 bits per heavy atom. The van der Waals surface area contributed by atoms with Crippen LogP contribution < -0.4 is 5.48 Å². The number of nitrogens with one attached hydrogen (secondary N) is 1. The second kappa shape index (κ2) is 4.59. The van der Waals surface area contributed by atoms with Gasteiger partial charge in [0.1, 0.15) is 12.0 Å². The molecule has 4 nitrogen and oxygen atoms in total. The van der Waals surface area contributed by atoms with Crippen molar-refractivity contribution >= 4 is 6.29 Å². The predicted molar refractivity (Wildman–Crippen MR) is 46.6 cm³/mol. The van der Waals surface area contributed by atoms with Crippen LogP contribution in [-0.4, -0.2) is 22.6 Å². The lowest BCUT2D eigenvalue weighted by molar-refractivity contribution is -0.111. The summed E-state index contributed by atoms with van der Waals surface area (Å²) >= 11 is 0. The Kier molecular flexibility index (Phi) is 3.42. The number of hydrogen-bond donors (Lipinski definition) is 3. The number of aromatic hydroxyl groups is 1. The standard InChI is InChI=1S/C9H11NO3/c11-6-8(10-13)5-7-1-3-9(12)4-2-7/h1-4,6,8,10,12-13H,5H2/t8-/m1/s1. The van der Waals surface area contributed by atoms with Gasteiger partial charge in [-0.2, -0.15) is 5.48 Å². The maximum atomic E-state index is 10.3. The molecule has 0 amide bonds. The van der Waals surface area contributed by atoms with Crippen molar-refractivity contribution in [3.63, 3.8) is 0 Å². The number of phenolic OH excluding ortho intramolecular Hbond substituents is 1. The summed E-state index contributed by atoms with van der Waals surface area (Å²) in [4.78, 5) is 10.3. The van der Waals surface area contributed by atoms with Crippen LogP contribution in [0, 0.1) is 0 Å². The second-order valence-electron chi connectivity index (χ2n) is 2.74. The first-order valence-corrected chi connectivity index (χ1v) is 3.89. The van der Waals surface area contributed by atoms with Gasteiger partial charge in [-0.25, -0.2) is 0 Å². The van der Waals surface area contributed by atoms with E-state index in [1.54, 1.807) is 12.1 Å². The zero-order valence-corrected chi connectivity index (χ0v) is 6.97. The number of rotatable bonds is 4. The maximum absolute atomic E-state index is 10.3. The van der Waals surface area contributed by atoms with Crippen molar-refractivity contribution in [3.05, 3.63) is 29.8 Å². The molecule has 0 aliphatic heterocycles. The molecule has 0 aromatic heterocycles. The summed E-state index contributed by atoms with van der Waals surface area (Å²) in [7, 11) is 0. The lowest BCUT2D eigenvalue weighted by atomic mass is 10.1. The Morgan fingerprint density at radius 2 is 2.00 bits per heavy atom. The van der Waals surface area contributed by atoms with Crippen LogP contribution in [0.3, 0.4) is 0 Å². The fraction of sp³-hybridized carbons (Fsp3) is 0.222. The quantitative estimate of drug-likeness (QED) is 0.467. The first-order valence-electron chi connectivity index (χ1n) is 3.89. The van der Waals surface area contributed by atoms with Crippen molar-refractivity contribution in [1.82, 2.24) is 5.48 Å². The molecule has 1 rings (SSSR count). The first-order chi connectivity index (χ1) is 6.26. The molecular formula is C9H11NO3. The largest absolute Gasteiger partial charge is 0.508 e. The molecule has 3 N–H and O–H groups in total. The maximum Gasteiger partial charge on any atom is 0.139 e. The van der Waals surface area contributed by atoms with E-state index in [0.717, 1.165) is 5.56 Å². The van der Waals surface area contributed by atoms with Crippen LogP contribution >= 0.6 is 0 Å². The minimum atomic E-state index is -0.593. The predicted octanol–water partition coefficient (Wildman–Crippen LogP) is 0.481. The highest BCUT2D eigenvalue weighted by Gasteiger charge is 2.05. The van der Waals surface area contributed by atoms with Gasteiger partial charge in [0.05, 0.1) is 6.04 Å².